The smallest absolute Gasteiger partial charge is 0.120 e. The summed E-state index contributed by atoms with van der Waals surface area (Å²) in [7, 11) is 0. The van der Waals surface area contributed by atoms with Gasteiger partial charge >= 0.3 is 0 Å². The third-order valence-corrected chi connectivity index (χ3v) is 5.29. The predicted octanol–water partition coefficient (Wildman–Crippen LogP) is 4.11. The quantitative estimate of drug-likeness (QED) is 0.822. The van der Waals surface area contributed by atoms with Crippen molar-refractivity contribution in [1.82, 2.24) is 5.32 Å². The van der Waals surface area contributed by atoms with Crippen molar-refractivity contribution in [2.75, 3.05) is 5.75 Å². The molecular formula is C16H25NOS. The first kappa shape index (κ1) is 14.7. The highest BCUT2D eigenvalue weighted by Gasteiger charge is 2.29. The van der Waals surface area contributed by atoms with E-state index in [2.05, 4.69) is 30.9 Å². The van der Waals surface area contributed by atoms with Crippen molar-refractivity contribution in [2.45, 2.75) is 56.9 Å². The summed E-state index contributed by atoms with van der Waals surface area (Å²) >= 11 is 2.07. The Morgan fingerprint density at radius 3 is 2.79 bits per heavy atom. The lowest BCUT2D eigenvalue weighted by Crippen LogP contribution is -2.37. The number of hydrogen-bond acceptors (Lipinski definition) is 3. The summed E-state index contributed by atoms with van der Waals surface area (Å²) in [4.78, 5) is 0. The third-order valence-electron chi connectivity index (χ3n) is 3.97. The lowest BCUT2D eigenvalue weighted by Gasteiger charge is -2.27. The number of para-hydroxylation sites is 1. The minimum atomic E-state index is 0.268. The Hall–Kier alpha value is -0.670. The van der Waals surface area contributed by atoms with Gasteiger partial charge in [0.25, 0.3) is 0 Å². The molecule has 0 amide bonds. The predicted molar refractivity (Wildman–Crippen MR) is 83.8 cm³/mol. The molecule has 3 unspecified atom stereocenters. The van der Waals surface area contributed by atoms with E-state index in [1.807, 2.05) is 18.2 Å². The molecule has 1 aliphatic rings. The van der Waals surface area contributed by atoms with Crippen LogP contribution in [0.3, 0.4) is 0 Å². The molecule has 0 radical (unpaired) electrons. The molecule has 2 nitrogen and oxygen atoms in total. The number of hydrogen-bond donors (Lipinski definition) is 2. The second kappa shape index (κ2) is 7.20. The summed E-state index contributed by atoms with van der Waals surface area (Å²) < 4.78 is 0. The number of rotatable bonds is 6. The molecule has 19 heavy (non-hydrogen) atoms. The van der Waals surface area contributed by atoms with Crippen LogP contribution in [-0.4, -0.2) is 22.2 Å². The average Bonchev–Trinajstić information content (AvgIpc) is 2.85. The Bertz CT molecular complexity index is 396. The van der Waals surface area contributed by atoms with Gasteiger partial charge < -0.3 is 10.4 Å². The highest BCUT2D eigenvalue weighted by Crippen LogP contribution is 2.33. The molecule has 3 atom stereocenters. The van der Waals surface area contributed by atoms with Crippen molar-refractivity contribution in [3.63, 3.8) is 0 Å². The van der Waals surface area contributed by atoms with Crippen molar-refractivity contribution in [3.8, 4) is 5.75 Å². The maximum Gasteiger partial charge on any atom is 0.120 e. The van der Waals surface area contributed by atoms with Gasteiger partial charge in [-0.2, -0.15) is 11.8 Å². The second-order valence-electron chi connectivity index (χ2n) is 5.22. The summed E-state index contributed by atoms with van der Waals surface area (Å²) in [5, 5.41) is 14.5. The van der Waals surface area contributed by atoms with E-state index in [0.717, 1.165) is 17.2 Å². The molecule has 1 saturated carbocycles. The van der Waals surface area contributed by atoms with Gasteiger partial charge in [-0.1, -0.05) is 38.5 Å². The van der Waals surface area contributed by atoms with Crippen LogP contribution >= 0.6 is 11.8 Å². The maximum absolute atomic E-state index is 10.0. The Balaban J connectivity index is 2.05. The van der Waals surface area contributed by atoms with Gasteiger partial charge in [0.05, 0.1) is 0 Å². The summed E-state index contributed by atoms with van der Waals surface area (Å²) in [5.41, 5.74) is 1.04. The van der Waals surface area contributed by atoms with E-state index in [0.29, 0.717) is 11.8 Å². The van der Waals surface area contributed by atoms with Gasteiger partial charge in [-0.3, -0.25) is 0 Å². The minimum absolute atomic E-state index is 0.268. The fourth-order valence-electron chi connectivity index (χ4n) is 3.00. The molecule has 0 saturated heterocycles. The molecule has 3 heteroatoms. The van der Waals surface area contributed by atoms with Crippen LogP contribution < -0.4 is 5.32 Å². The van der Waals surface area contributed by atoms with Crippen molar-refractivity contribution >= 4 is 11.8 Å². The Kier molecular flexibility index (Phi) is 5.59. The van der Waals surface area contributed by atoms with Gasteiger partial charge in [-0.15, -0.1) is 0 Å². The molecule has 106 valence electrons. The zero-order valence-electron chi connectivity index (χ0n) is 11.9. The largest absolute Gasteiger partial charge is 0.508 e. The van der Waals surface area contributed by atoms with E-state index >= 15 is 0 Å². The van der Waals surface area contributed by atoms with Crippen molar-refractivity contribution in [1.29, 1.82) is 0 Å². The van der Waals surface area contributed by atoms with Gasteiger partial charge in [0.15, 0.2) is 0 Å². The SMILES string of the molecule is CCSC1CCCC1NC(CC)c1ccccc1O. The molecule has 0 bridgehead atoms. The van der Waals surface area contributed by atoms with Crippen LogP contribution in [0.5, 0.6) is 5.75 Å². The van der Waals surface area contributed by atoms with Gasteiger partial charge in [-0.05, 0) is 31.1 Å². The topological polar surface area (TPSA) is 32.3 Å². The standard InChI is InChI=1S/C16H25NOS/c1-3-13(12-8-5-6-10-15(12)18)17-14-9-7-11-16(14)19-4-2/h5-6,8,10,13-14,16-18H,3-4,7,9,11H2,1-2H3. The molecule has 1 aromatic rings. The number of phenolic OH excluding ortho intramolecular Hbond substituents is 1. The zero-order valence-corrected chi connectivity index (χ0v) is 12.7. The molecule has 0 aromatic heterocycles. The molecule has 0 aliphatic heterocycles. The highest BCUT2D eigenvalue weighted by molar-refractivity contribution is 7.99. The van der Waals surface area contributed by atoms with E-state index in [1.165, 1.54) is 25.0 Å². The van der Waals surface area contributed by atoms with E-state index in [9.17, 15) is 5.11 Å². The van der Waals surface area contributed by atoms with Gasteiger partial charge in [0.2, 0.25) is 0 Å². The minimum Gasteiger partial charge on any atom is -0.508 e. The van der Waals surface area contributed by atoms with Crippen molar-refractivity contribution < 1.29 is 5.11 Å². The summed E-state index contributed by atoms with van der Waals surface area (Å²) in [6.07, 6.45) is 4.93. The molecule has 1 aromatic carbocycles. The van der Waals surface area contributed by atoms with Crippen LogP contribution in [0.2, 0.25) is 0 Å². The molecule has 2 rings (SSSR count). The highest BCUT2D eigenvalue weighted by atomic mass is 32.2. The second-order valence-corrected chi connectivity index (χ2v) is 6.73. The van der Waals surface area contributed by atoms with Gasteiger partial charge in [0.1, 0.15) is 5.75 Å². The zero-order chi connectivity index (χ0) is 13.7. The molecule has 1 fully saturated rings. The summed E-state index contributed by atoms with van der Waals surface area (Å²) in [6.45, 7) is 4.42. The first-order valence-corrected chi connectivity index (χ1v) is 8.46. The average molecular weight is 279 g/mol. The fraction of sp³-hybridized carbons (Fsp3) is 0.625. The van der Waals surface area contributed by atoms with E-state index < -0.39 is 0 Å². The summed E-state index contributed by atoms with van der Waals surface area (Å²) in [5.74, 6) is 1.61. The Labute approximate surface area is 121 Å². The number of thioether (sulfide) groups is 1. The number of nitrogens with one attached hydrogen (secondary N) is 1. The van der Waals surface area contributed by atoms with Crippen molar-refractivity contribution in [2.24, 2.45) is 0 Å². The number of phenols is 1. The Morgan fingerprint density at radius 2 is 2.11 bits per heavy atom. The summed E-state index contributed by atoms with van der Waals surface area (Å²) in [6, 6.07) is 8.57. The van der Waals surface area contributed by atoms with E-state index in [1.54, 1.807) is 6.07 Å². The normalized spacial score (nSPS) is 24.5. The van der Waals surface area contributed by atoms with Crippen LogP contribution in [0, 0.1) is 0 Å². The fourth-order valence-corrected chi connectivity index (χ4v) is 4.21. The number of benzene rings is 1. The van der Waals surface area contributed by atoms with Crippen LogP contribution in [0.4, 0.5) is 0 Å². The lowest BCUT2D eigenvalue weighted by atomic mass is 10.0. The first-order valence-electron chi connectivity index (χ1n) is 7.41. The van der Waals surface area contributed by atoms with Gasteiger partial charge in [-0.25, -0.2) is 0 Å². The third kappa shape index (κ3) is 3.67. The van der Waals surface area contributed by atoms with Crippen LogP contribution in [0.25, 0.3) is 0 Å². The number of aromatic hydroxyl groups is 1. The van der Waals surface area contributed by atoms with E-state index in [-0.39, 0.29) is 6.04 Å². The molecule has 0 spiro atoms. The molecule has 0 heterocycles. The molecule has 1 aliphatic carbocycles. The monoisotopic (exact) mass is 279 g/mol. The maximum atomic E-state index is 10.0. The van der Waals surface area contributed by atoms with Gasteiger partial charge in [0, 0.05) is 22.9 Å². The van der Waals surface area contributed by atoms with Crippen LogP contribution in [0.1, 0.15) is 51.1 Å². The lowest BCUT2D eigenvalue weighted by molar-refractivity contribution is 0.408. The van der Waals surface area contributed by atoms with Crippen LogP contribution in [-0.2, 0) is 0 Å². The molecular weight excluding hydrogens is 254 g/mol. The molecule has 2 N–H and O–H groups in total. The van der Waals surface area contributed by atoms with Crippen molar-refractivity contribution in [3.05, 3.63) is 29.8 Å². The van der Waals surface area contributed by atoms with E-state index in [4.69, 9.17) is 0 Å². The first-order chi connectivity index (χ1) is 9.26. The Morgan fingerprint density at radius 1 is 1.32 bits per heavy atom. The van der Waals surface area contributed by atoms with Crippen LogP contribution in [0.15, 0.2) is 24.3 Å².